The summed E-state index contributed by atoms with van der Waals surface area (Å²) < 4.78 is 30.6. The summed E-state index contributed by atoms with van der Waals surface area (Å²) in [5.74, 6) is -0.572. The number of ether oxygens (including phenoxy) is 1. The maximum atomic E-state index is 13.5. The van der Waals surface area contributed by atoms with Gasteiger partial charge in [-0.2, -0.15) is 0 Å². The average molecular weight is 1070 g/mol. The Hall–Kier alpha value is -3.33. The van der Waals surface area contributed by atoms with E-state index in [0.717, 1.165) is 109 Å². The average Bonchev–Trinajstić information content (AvgIpc) is 3.37. The number of phosphoric ester groups is 1. The number of carbonyl (C=O) groups excluding carboxylic acids is 2. The van der Waals surface area contributed by atoms with Gasteiger partial charge in [-0.05, 0) is 115 Å². The topological polar surface area (TPSA) is 111 Å². The summed E-state index contributed by atoms with van der Waals surface area (Å²) in [7, 11) is 1.45. The summed E-state index contributed by atoms with van der Waals surface area (Å²) in [5.41, 5.74) is 0. The van der Waals surface area contributed by atoms with Crippen molar-refractivity contribution in [1.29, 1.82) is 0 Å². The molecule has 0 aromatic rings. The number of nitrogens with zero attached hydrogens (tertiary/aromatic N) is 1. The van der Waals surface area contributed by atoms with E-state index in [2.05, 4.69) is 123 Å². The van der Waals surface area contributed by atoms with E-state index in [0.29, 0.717) is 17.4 Å². The Kier molecular flexibility index (Phi) is 51.6. The first-order valence-corrected chi connectivity index (χ1v) is 31.7. The molecule has 430 valence electrons. The van der Waals surface area contributed by atoms with E-state index in [1.54, 1.807) is 0 Å². The Morgan fingerprint density at radius 3 is 1.32 bits per heavy atom. The van der Waals surface area contributed by atoms with E-state index in [1.165, 1.54) is 89.9 Å². The van der Waals surface area contributed by atoms with Crippen LogP contribution in [-0.4, -0.2) is 74.3 Å². The molecule has 0 heterocycles. The number of hydrogen-bond donors (Lipinski definition) is 2. The Morgan fingerprint density at radius 2 is 0.853 bits per heavy atom. The third-order valence-electron chi connectivity index (χ3n) is 12.7. The molecule has 0 aromatic heterocycles. The molecule has 0 spiro atoms. The molecular formula is C65H114N2O7P+. The van der Waals surface area contributed by atoms with Crippen LogP contribution in [-0.2, 0) is 27.9 Å². The zero-order valence-corrected chi connectivity index (χ0v) is 49.9. The zero-order valence-electron chi connectivity index (χ0n) is 49.0. The first-order chi connectivity index (χ1) is 36.4. The van der Waals surface area contributed by atoms with E-state index < -0.39 is 20.0 Å². The van der Waals surface area contributed by atoms with Crippen LogP contribution in [0.15, 0.2) is 109 Å². The van der Waals surface area contributed by atoms with Crippen LogP contribution in [0.2, 0.25) is 0 Å². The molecule has 0 aliphatic heterocycles. The Balaban J connectivity index is 5.36. The second-order valence-electron chi connectivity index (χ2n) is 21.1. The van der Waals surface area contributed by atoms with Crippen LogP contribution >= 0.6 is 7.82 Å². The van der Waals surface area contributed by atoms with Crippen molar-refractivity contribution in [3.05, 3.63) is 109 Å². The monoisotopic (exact) mass is 1070 g/mol. The number of phosphoric acid groups is 1. The third-order valence-corrected chi connectivity index (χ3v) is 13.7. The lowest BCUT2D eigenvalue weighted by Crippen LogP contribution is -2.47. The fourth-order valence-electron chi connectivity index (χ4n) is 8.03. The first kappa shape index (κ1) is 71.7. The molecule has 1 amide bonds. The minimum atomic E-state index is -4.47. The molecule has 0 bridgehead atoms. The fraction of sp³-hybridized carbons (Fsp3) is 0.692. The largest absolute Gasteiger partial charge is 0.472 e. The number of carbonyl (C=O) groups is 2. The van der Waals surface area contributed by atoms with E-state index in [1.807, 2.05) is 33.3 Å². The summed E-state index contributed by atoms with van der Waals surface area (Å²) in [4.78, 5) is 37.6. The van der Waals surface area contributed by atoms with Gasteiger partial charge in [-0.3, -0.25) is 18.6 Å². The van der Waals surface area contributed by atoms with Crippen molar-refractivity contribution >= 4 is 19.7 Å². The van der Waals surface area contributed by atoms with Crippen molar-refractivity contribution in [2.75, 3.05) is 40.9 Å². The standard InChI is InChI=1S/C65H113N2O7P/c1-7-10-13-16-19-22-25-27-29-31-32-33-34-36-37-39-42-45-48-51-54-57-64(68)66-62(61-73-75(70,71)72-60-59-67(4,5)6)63(56-53-50-47-44-41-24-21-18-15-12-9-3)74-65(69)58-55-52-49-46-43-40-38-35-30-28-26-23-20-17-14-11-8-2/h10,13,19-20,22-23,27-30,32-33,36-37,42,45,53,56,62-63H,7-9,11-12,14-18,21,24-26,31,34-35,38-41,43-44,46-52,54-55,57-61H2,1-6H3,(H-,66,68,70,71)/p+1/b13-10-,22-19-,23-20-,29-27-,30-28-,33-32-,37-36-,45-42-,56-53-. The van der Waals surface area contributed by atoms with E-state index in [4.69, 9.17) is 13.8 Å². The molecule has 0 saturated heterocycles. The van der Waals surface area contributed by atoms with E-state index in [-0.39, 0.29) is 37.9 Å². The number of quaternary nitrogens is 1. The van der Waals surface area contributed by atoms with Gasteiger partial charge in [0.1, 0.15) is 19.3 Å². The molecule has 75 heavy (non-hydrogen) atoms. The number of esters is 1. The van der Waals surface area contributed by atoms with Gasteiger partial charge in [-0.25, -0.2) is 4.57 Å². The Morgan fingerprint density at radius 1 is 0.480 bits per heavy atom. The van der Waals surface area contributed by atoms with Gasteiger partial charge < -0.3 is 19.4 Å². The number of rotatable bonds is 53. The number of hydrogen-bond acceptors (Lipinski definition) is 6. The molecule has 3 unspecified atom stereocenters. The Bertz CT molecular complexity index is 1650. The van der Waals surface area contributed by atoms with Gasteiger partial charge in [-0.1, -0.05) is 220 Å². The van der Waals surface area contributed by atoms with Gasteiger partial charge in [0, 0.05) is 12.8 Å². The van der Waals surface area contributed by atoms with Crippen molar-refractivity contribution < 1.29 is 37.3 Å². The van der Waals surface area contributed by atoms with Crippen LogP contribution in [0.5, 0.6) is 0 Å². The van der Waals surface area contributed by atoms with Gasteiger partial charge in [-0.15, -0.1) is 0 Å². The number of amides is 1. The molecule has 0 aromatic carbocycles. The van der Waals surface area contributed by atoms with Gasteiger partial charge in [0.2, 0.25) is 5.91 Å². The smallest absolute Gasteiger partial charge is 0.456 e. The normalized spacial score (nSPS) is 14.5. The molecule has 0 saturated carbocycles. The summed E-state index contributed by atoms with van der Waals surface area (Å²) >= 11 is 0. The van der Waals surface area contributed by atoms with Crippen molar-refractivity contribution in [3.63, 3.8) is 0 Å². The van der Waals surface area contributed by atoms with Gasteiger partial charge in [0.05, 0.1) is 33.8 Å². The molecule has 10 heteroatoms. The summed E-state index contributed by atoms with van der Waals surface area (Å²) in [6.45, 7) is 6.81. The first-order valence-electron chi connectivity index (χ1n) is 30.2. The molecule has 0 fully saturated rings. The van der Waals surface area contributed by atoms with Crippen LogP contribution in [0, 0.1) is 0 Å². The van der Waals surface area contributed by atoms with Crippen molar-refractivity contribution in [2.45, 2.75) is 251 Å². The summed E-state index contributed by atoms with van der Waals surface area (Å²) in [6.07, 6.45) is 73.7. The van der Waals surface area contributed by atoms with Gasteiger partial charge in [0.15, 0.2) is 0 Å². The summed E-state index contributed by atoms with van der Waals surface area (Å²) in [5, 5.41) is 3.02. The zero-order chi connectivity index (χ0) is 55.0. The molecular weight excluding hydrogens is 952 g/mol. The highest BCUT2D eigenvalue weighted by Gasteiger charge is 2.30. The molecule has 3 atom stereocenters. The molecule has 0 aliphatic rings. The fourth-order valence-corrected chi connectivity index (χ4v) is 8.77. The minimum Gasteiger partial charge on any atom is -0.456 e. The van der Waals surface area contributed by atoms with Crippen LogP contribution in [0.3, 0.4) is 0 Å². The predicted molar refractivity (Wildman–Crippen MR) is 323 cm³/mol. The second kappa shape index (κ2) is 54.0. The number of allylic oxidation sites excluding steroid dienone is 17. The Labute approximate surface area is 461 Å². The highest BCUT2D eigenvalue weighted by Crippen LogP contribution is 2.43. The van der Waals surface area contributed by atoms with Crippen LogP contribution < -0.4 is 5.32 Å². The number of unbranched alkanes of at least 4 members (excludes halogenated alkanes) is 21. The quantitative estimate of drug-likeness (QED) is 0.0205. The minimum absolute atomic E-state index is 0.0246. The lowest BCUT2D eigenvalue weighted by Gasteiger charge is -2.27. The SMILES string of the molecule is CC/C=C\C/C=C\C/C=C\C/C=C\C/C=C\C/C=C\CCCCC(=O)NC(COP(=O)(O)OCC[N+](C)(C)C)C(/C=C\CCCCCCCCCCC)OC(=O)CCCCCCCCC/C=C\C/C=C\CCCCC. The van der Waals surface area contributed by atoms with Crippen molar-refractivity contribution in [2.24, 2.45) is 0 Å². The molecule has 0 rings (SSSR count). The third kappa shape index (κ3) is 55.2. The van der Waals surface area contributed by atoms with Crippen molar-refractivity contribution in [1.82, 2.24) is 5.32 Å². The van der Waals surface area contributed by atoms with E-state index in [9.17, 15) is 19.0 Å². The maximum Gasteiger partial charge on any atom is 0.472 e. The highest BCUT2D eigenvalue weighted by atomic mass is 31.2. The van der Waals surface area contributed by atoms with Gasteiger partial charge in [0.25, 0.3) is 0 Å². The lowest BCUT2D eigenvalue weighted by atomic mass is 10.1. The number of likely N-dealkylation sites (N-methyl/N-ethyl adjacent to an activating group) is 1. The summed E-state index contributed by atoms with van der Waals surface area (Å²) in [6, 6.07) is -0.881. The van der Waals surface area contributed by atoms with Crippen LogP contribution in [0.25, 0.3) is 0 Å². The van der Waals surface area contributed by atoms with Gasteiger partial charge >= 0.3 is 13.8 Å². The molecule has 2 N–H and O–H groups in total. The van der Waals surface area contributed by atoms with Crippen LogP contribution in [0.1, 0.15) is 239 Å². The number of nitrogens with one attached hydrogen (secondary N) is 1. The predicted octanol–water partition coefficient (Wildman–Crippen LogP) is 18.6. The highest BCUT2D eigenvalue weighted by molar-refractivity contribution is 7.47. The van der Waals surface area contributed by atoms with E-state index >= 15 is 0 Å². The molecule has 0 radical (unpaired) electrons. The lowest BCUT2D eigenvalue weighted by molar-refractivity contribution is -0.870. The maximum absolute atomic E-state index is 13.5. The van der Waals surface area contributed by atoms with Crippen LogP contribution in [0.4, 0.5) is 0 Å². The second-order valence-corrected chi connectivity index (χ2v) is 22.6. The molecule has 9 nitrogen and oxygen atoms in total. The molecule has 0 aliphatic carbocycles. The van der Waals surface area contributed by atoms with Crippen molar-refractivity contribution in [3.8, 4) is 0 Å².